The Morgan fingerprint density at radius 2 is 2.06 bits per heavy atom. The number of nitrogen functional groups attached to an aromatic ring is 1. The third kappa shape index (κ3) is 2.01. The second kappa shape index (κ2) is 4.18. The van der Waals surface area contributed by atoms with Gasteiger partial charge in [0.25, 0.3) is 5.69 Å². The van der Waals surface area contributed by atoms with E-state index in [2.05, 4.69) is 0 Å². The highest BCUT2D eigenvalue weighted by Gasteiger charge is 2.13. The van der Waals surface area contributed by atoms with Crippen molar-refractivity contribution in [2.24, 2.45) is 0 Å². The number of nitro benzene ring substituents is 1. The molecule has 5 heteroatoms. The van der Waals surface area contributed by atoms with Crippen LogP contribution in [0.25, 0.3) is 10.4 Å². The minimum Gasteiger partial charge on any atom is -0.398 e. The Kier molecular flexibility index (Phi) is 2.85. The molecule has 0 atom stereocenters. The fourth-order valence-electron chi connectivity index (χ4n) is 1.71. The third-order valence-corrected chi connectivity index (χ3v) is 3.97. The van der Waals surface area contributed by atoms with Crippen molar-refractivity contribution in [2.75, 3.05) is 5.73 Å². The fraction of sp³-hybridized carbons (Fsp3) is 0.167. The van der Waals surface area contributed by atoms with Gasteiger partial charge in [-0.25, -0.2) is 0 Å². The summed E-state index contributed by atoms with van der Waals surface area (Å²) >= 11 is 1.57. The molecule has 0 amide bonds. The molecule has 0 radical (unpaired) electrons. The summed E-state index contributed by atoms with van der Waals surface area (Å²) in [7, 11) is 0. The maximum Gasteiger partial charge on any atom is 0.270 e. The molecule has 0 aliphatic heterocycles. The standard InChI is InChI=1S/C12H12N2O2S/c1-7-11(13)8(2)17-12(7)9-4-3-5-10(6-9)14(15)16/h3-6H,13H2,1-2H3. The lowest BCUT2D eigenvalue weighted by Gasteiger charge is -2.00. The van der Waals surface area contributed by atoms with Gasteiger partial charge in [0.05, 0.1) is 4.92 Å². The minimum absolute atomic E-state index is 0.103. The second-order valence-corrected chi connectivity index (χ2v) is 5.06. The zero-order chi connectivity index (χ0) is 12.6. The van der Waals surface area contributed by atoms with E-state index in [1.54, 1.807) is 23.5 Å². The molecular weight excluding hydrogens is 236 g/mol. The van der Waals surface area contributed by atoms with Crippen LogP contribution in [-0.2, 0) is 0 Å². The van der Waals surface area contributed by atoms with E-state index < -0.39 is 0 Å². The molecule has 1 aromatic heterocycles. The average molecular weight is 248 g/mol. The van der Waals surface area contributed by atoms with Crippen molar-refractivity contribution in [2.45, 2.75) is 13.8 Å². The summed E-state index contributed by atoms with van der Waals surface area (Å²) in [4.78, 5) is 12.4. The van der Waals surface area contributed by atoms with Crippen LogP contribution in [0, 0.1) is 24.0 Å². The number of non-ortho nitro benzene ring substituents is 1. The minimum atomic E-state index is -0.386. The van der Waals surface area contributed by atoms with Gasteiger partial charge in [-0.3, -0.25) is 10.1 Å². The highest BCUT2D eigenvalue weighted by molar-refractivity contribution is 7.16. The quantitative estimate of drug-likeness (QED) is 0.653. The largest absolute Gasteiger partial charge is 0.398 e. The van der Waals surface area contributed by atoms with Gasteiger partial charge < -0.3 is 5.73 Å². The predicted molar refractivity (Wildman–Crippen MR) is 70.3 cm³/mol. The van der Waals surface area contributed by atoms with E-state index in [4.69, 9.17) is 5.73 Å². The van der Waals surface area contributed by atoms with Crippen LogP contribution in [0.2, 0.25) is 0 Å². The van der Waals surface area contributed by atoms with Crippen LogP contribution in [0.15, 0.2) is 24.3 Å². The number of nitro groups is 1. The van der Waals surface area contributed by atoms with Gasteiger partial charge >= 0.3 is 0 Å². The molecule has 1 aromatic carbocycles. The van der Waals surface area contributed by atoms with Crippen LogP contribution in [0.1, 0.15) is 10.4 Å². The van der Waals surface area contributed by atoms with Gasteiger partial charge in [-0.15, -0.1) is 11.3 Å². The molecule has 2 N–H and O–H groups in total. The number of rotatable bonds is 2. The molecule has 88 valence electrons. The Labute approximate surface area is 103 Å². The van der Waals surface area contributed by atoms with E-state index in [1.807, 2.05) is 19.9 Å². The van der Waals surface area contributed by atoms with E-state index in [1.165, 1.54) is 6.07 Å². The molecular formula is C12H12N2O2S. The number of thiophene rings is 1. The monoisotopic (exact) mass is 248 g/mol. The molecule has 0 unspecified atom stereocenters. The third-order valence-electron chi connectivity index (χ3n) is 2.70. The Hall–Kier alpha value is -1.88. The maximum absolute atomic E-state index is 10.7. The van der Waals surface area contributed by atoms with E-state index in [9.17, 15) is 10.1 Å². The SMILES string of the molecule is Cc1sc(-c2cccc([N+](=O)[O-])c2)c(C)c1N. The van der Waals surface area contributed by atoms with E-state index >= 15 is 0 Å². The fourth-order valence-corrected chi connectivity index (χ4v) is 2.78. The van der Waals surface area contributed by atoms with Crippen LogP contribution in [0.5, 0.6) is 0 Å². The van der Waals surface area contributed by atoms with Gasteiger partial charge in [-0.1, -0.05) is 12.1 Å². The normalized spacial score (nSPS) is 10.5. The summed E-state index contributed by atoms with van der Waals surface area (Å²) in [6.07, 6.45) is 0. The van der Waals surface area contributed by atoms with Crippen molar-refractivity contribution in [1.82, 2.24) is 0 Å². The molecule has 0 aliphatic carbocycles. The van der Waals surface area contributed by atoms with Gasteiger partial charge in [-0.2, -0.15) is 0 Å². The Morgan fingerprint density at radius 3 is 2.59 bits per heavy atom. The van der Waals surface area contributed by atoms with Gasteiger partial charge in [0, 0.05) is 27.6 Å². The highest BCUT2D eigenvalue weighted by atomic mass is 32.1. The number of benzene rings is 1. The summed E-state index contributed by atoms with van der Waals surface area (Å²) in [6.45, 7) is 3.89. The molecule has 0 spiro atoms. The molecule has 0 saturated carbocycles. The van der Waals surface area contributed by atoms with Crippen LogP contribution >= 0.6 is 11.3 Å². The lowest BCUT2D eigenvalue weighted by atomic mass is 10.1. The van der Waals surface area contributed by atoms with Crippen molar-refractivity contribution in [3.05, 3.63) is 44.8 Å². The van der Waals surface area contributed by atoms with Gasteiger partial charge in [0.2, 0.25) is 0 Å². The Bertz CT molecular complexity index is 590. The topological polar surface area (TPSA) is 69.2 Å². The first-order valence-electron chi connectivity index (χ1n) is 5.11. The van der Waals surface area contributed by atoms with Crippen molar-refractivity contribution >= 4 is 22.7 Å². The summed E-state index contributed by atoms with van der Waals surface area (Å²) in [5.41, 5.74) is 8.63. The van der Waals surface area contributed by atoms with Crippen LogP contribution in [0.3, 0.4) is 0 Å². The molecule has 0 fully saturated rings. The maximum atomic E-state index is 10.7. The smallest absolute Gasteiger partial charge is 0.270 e. The molecule has 2 rings (SSSR count). The number of nitrogens with zero attached hydrogens (tertiary/aromatic N) is 1. The van der Waals surface area contributed by atoms with Crippen molar-refractivity contribution < 1.29 is 4.92 Å². The molecule has 4 nitrogen and oxygen atoms in total. The van der Waals surface area contributed by atoms with Crippen LogP contribution in [0.4, 0.5) is 11.4 Å². The summed E-state index contributed by atoms with van der Waals surface area (Å²) in [5.74, 6) is 0. The molecule has 2 aromatic rings. The molecule has 0 aliphatic rings. The number of hydrogen-bond acceptors (Lipinski definition) is 4. The van der Waals surface area contributed by atoms with Crippen LogP contribution < -0.4 is 5.73 Å². The molecule has 0 bridgehead atoms. The zero-order valence-electron chi connectivity index (χ0n) is 9.56. The number of aryl methyl sites for hydroxylation is 1. The lowest BCUT2D eigenvalue weighted by Crippen LogP contribution is -1.89. The first-order chi connectivity index (χ1) is 8.00. The Morgan fingerprint density at radius 1 is 1.35 bits per heavy atom. The van der Waals surface area contributed by atoms with Gasteiger partial charge in [-0.05, 0) is 25.0 Å². The van der Waals surface area contributed by atoms with Crippen molar-refractivity contribution in [3.63, 3.8) is 0 Å². The lowest BCUT2D eigenvalue weighted by molar-refractivity contribution is -0.384. The first kappa shape index (κ1) is 11.6. The van der Waals surface area contributed by atoms with Gasteiger partial charge in [0.15, 0.2) is 0 Å². The molecule has 17 heavy (non-hydrogen) atoms. The number of anilines is 1. The van der Waals surface area contributed by atoms with Gasteiger partial charge in [0.1, 0.15) is 0 Å². The summed E-state index contributed by atoms with van der Waals surface area (Å²) in [5, 5.41) is 10.7. The molecule has 0 saturated heterocycles. The van der Waals surface area contributed by atoms with Crippen molar-refractivity contribution in [1.29, 1.82) is 0 Å². The highest BCUT2D eigenvalue weighted by Crippen LogP contribution is 2.38. The first-order valence-corrected chi connectivity index (χ1v) is 5.92. The Balaban J connectivity index is 2.56. The molecule has 1 heterocycles. The summed E-state index contributed by atoms with van der Waals surface area (Å²) in [6, 6.07) is 6.63. The number of nitrogens with two attached hydrogens (primary N) is 1. The van der Waals surface area contributed by atoms with E-state index in [0.29, 0.717) is 0 Å². The summed E-state index contributed by atoms with van der Waals surface area (Å²) < 4.78 is 0. The van der Waals surface area contributed by atoms with E-state index in [-0.39, 0.29) is 10.6 Å². The van der Waals surface area contributed by atoms with Crippen molar-refractivity contribution in [3.8, 4) is 10.4 Å². The van der Waals surface area contributed by atoms with E-state index in [0.717, 1.165) is 26.6 Å². The average Bonchev–Trinajstić information content (AvgIpc) is 2.57. The second-order valence-electron chi connectivity index (χ2n) is 3.83. The number of hydrogen-bond donors (Lipinski definition) is 1. The predicted octanol–water partition coefficient (Wildman–Crippen LogP) is 3.52. The zero-order valence-corrected chi connectivity index (χ0v) is 10.4. The van der Waals surface area contributed by atoms with Crippen LogP contribution in [-0.4, -0.2) is 4.92 Å².